The summed E-state index contributed by atoms with van der Waals surface area (Å²) < 4.78 is 0.905. The molecule has 0 aliphatic heterocycles. The Balaban J connectivity index is 2.47. The molecule has 18 heavy (non-hydrogen) atoms. The summed E-state index contributed by atoms with van der Waals surface area (Å²) in [5.41, 5.74) is 0. The third-order valence-corrected chi connectivity index (χ3v) is 3.64. The number of aromatic nitrogens is 1. The van der Waals surface area contributed by atoms with Crippen molar-refractivity contribution in [1.29, 1.82) is 0 Å². The molecule has 0 aromatic carbocycles. The minimum Gasteiger partial charge on any atom is -0.357 e. The van der Waals surface area contributed by atoms with Gasteiger partial charge in [-0.2, -0.15) is 0 Å². The van der Waals surface area contributed by atoms with Gasteiger partial charge in [0.05, 0.1) is 0 Å². The van der Waals surface area contributed by atoms with Crippen molar-refractivity contribution in [3.63, 3.8) is 0 Å². The van der Waals surface area contributed by atoms with Crippen LogP contribution in [0.2, 0.25) is 0 Å². The Bertz CT molecular complexity index is 340. The van der Waals surface area contributed by atoms with Crippen molar-refractivity contribution in [3.8, 4) is 0 Å². The third kappa shape index (κ3) is 4.94. The SMILES string of the molecule is CCN(CC)CCCN(CC)c1cccc(Br)n1. The van der Waals surface area contributed by atoms with Gasteiger partial charge in [0.2, 0.25) is 0 Å². The van der Waals surface area contributed by atoms with Crippen LogP contribution in [0.1, 0.15) is 27.2 Å². The van der Waals surface area contributed by atoms with Crippen molar-refractivity contribution in [1.82, 2.24) is 9.88 Å². The van der Waals surface area contributed by atoms with E-state index < -0.39 is 0 Å². The molecule has 0 fully saturated rings. The summed E-state index contributed by atoms with van der Waals surface area (Å²) in [6, 6.07) is 6.08. The fourth-order valence-corrected chi connectivity index (χ4v) is 2.37. The second kappa shape index (κ2) is 8.48. The van der Waals surface area contributed by atoms with E-state index in [4.69, 9.17) is 0 Å². The second-order valence-corrected chi connectivity index (χ2v) is 5.09. The Kier molecular flexibility index (Phi) is 7.28. The van der Waals surface area contributed by atoms with Crippen LogP contribution in [0.4, 0.5) is 5.82 Å². The zero-order valence-electron chi connectivity index (χ0n) is 11.7. The van der Waals surface area contributed by atoms with Crippen molar-refractivity contribution >= 4 is 21.7 Å². The van der Waals surface area contributed by atoms with Gasteiger partial charge >= 0.3 is 0 Å². The smallest absolute Gasteiger partial charge is 0.129 e. The number of nitrogens with zero attached hydrogens (tertiary/aromatic N) is 3. The molecule has 0 amide bonds. The van der Waals surface area contributed by atoms with Crippen LogP contribution < -0.4 is 4.90 Å². The van der Waals surface area contributed by atoms with Gasteiger partial charge < -0.3 is 9.80 Å². The predicted molar refractivity (Wildman–Crippen MR) is 82.2 cm³/mol. The number of halogens is 1. The van der Waals surface area contributed by atoms with E-state index >= 15 is 0 Å². The van der Waals surface area contributed by atoms with Crippen LogP contribution in [0.25, 0.3) is 0 Å². The van der Waals surface area contributed by atoms with Crippen LogP contribution in [0.15, 0.2) is 22.8 Å². The average Bonchev–Trinajstić information content (AvgIpc) is 2.39. The van der Waals surface area contributed by atoms with E-state index in [1.165, 1.54) is 6.42 Å². The van der Waals surface area contributed by atoms with E-state index in [1.807, 2.05) is 12.1 Å². The van der Waals surface area contributed by atoms with E-state index in [9.17, 15) is 0 Å². The monoisotopic (exact) mass is 313 g/mol. The van der Waals surface area contributed by atoms with Gasteiger partial charge in [0.25, 0.3) is 0 Å². The molecule has 0 N–H and O–H groups in total. The Hall–Kier alpha value is -0.610. The van der Waals surface area contributed by atoms with Crippen molar-refractivity contribution in [2.75, 3.05) is 37.6 Å². The standard InChI is InChI=1S/C14H24BrN3/c1-4-17(5-2)11-8-12-18(6-3)14-10-7-9-13(15)16-14/h7,9-10H,4-6,8,11-12H2,1-3H3. The molecule has 0 spiro atoms. The fourth-order valence-electron chi connectivity index (χ4n) is 2.03. The molecule has 0 saturated heterocycles. The molecule has 1 aromatic heterocycles. The van der Waals surface area contributed by atoms with Crippen molar-refractivity contribution in [3.05, 3.63) is 22.8 Å². The van der Waals surface area contributed by atoms with Crippen LogP contribution in [-0.2, 0) is 0 Å². The molecule has 1 rings (SSSR count). The van der Waals surface area contributed by atoms with Crippen molar-refractivity contribution < 1.29 is 0 Å². The molecule has 3 nitrogen and oxygen atoms in total. The van der Waals surface area contributed by atoms with E-state index in [0.717, 1.165) is 43.1 Å². The van der Waals surface area contributed by atoms with Gasteiger partial charge in [-0.05, 0) is 61.0 Å². The maximum Gasteiger partial charge on any atom is 0.129 e. The topological polar surface area (TPSA) is 19.4 Å². The van der Waals surface area contributed by atoms with Gasteiger partial charge in [-0.25, -0.2) is 4.98 Å². The highest BCUT2D eigenvalue weighted by Crippen LogP contribution is 2.15. The molecule has 0 aliphatic rings. The summed E-state index contributed by atoms with van der Waals surface area (Å²) in [6.07, 6.45) is 1.18. The van der Waals surface area contributed by atoms with Gasteiger partial charge in [-0.15, -0.1) is 0 Å². The summed E-state index contributed by atoms with van der Waals surface area (Å²) in [5.74, 6) is 1.06. The molecule has 4 heteroatoms. The minimum atomic E-state index is 0.905. The Morgan fingerprint density at radius 1 is 1.06 bits per heavy atom. The number of rotatable bonds is 8. The third-order valence-electron chi connectivity index (χ3n) is 3.20. The highest BCUT2D eigenvalue weighted by Gasteiger charge is 2.06. The zero-order chi connectivity index (χ0) is 13.4. The first-order valence-electron chi connectivity index (χ1n) is 6.81. The van der Waals surface area contributed by atoms with E-state index in [-0.39, 0.29) is 0 Å². The summed E-state index contributed by atoms with van der Waals surface area (Å²) in [4.78, 5) is 9.30. The first-order valence-corrected chi connectivity index (χ1v) is 7.60. The highest BCUT2D eigenvalue weighted by molar-refractivity contribution is 9.10. The zero-order valence-corrected chi connectivity index (χ0v) is 13.3. The van der Waals surface area contributed by atoms with Gasteiger partial charge in [0, 0.05) is 13.1 Å². The summed E-state index contributed by atoms with van der Waals surface area (Å²) in [5, 5.41) is 0. The highest BCUT2D eigenvalue weighted by atomic mass is 79.9. The lowest BCUT2D eigenvalue weighted by Crippen LogP contribution is -2.30. The van der Waals surface area contributed by atoms with Gasteiger partial charge in [-0.3, -0.25) is 0 Å². The lowest BCUT2D eigenvalue weighted by molar-refractivity contribution is 0.300. The normalized spacial score (nSPS) is 10.9. The maximum absolute atomic E-state index is 4.51. The van der Waals surface area contributed by atoms with E-state index in [2.05, 4.69) is 57.6 Å². The number of pyridine rings is 1. The Morgan fingerprint density at radius 3 is 2.33 bits per heavy atom. The van der Waals surface area contributed by atoms with Crippen LogP contribution in [-0.4, -0.2) is 42.6 Å². The molecule has 0 radical (unpaired) electrons. The maximum atomic E-state index is 4.51. The average molecular weight is 314 g/mol. The number of hydrogen-bond donors (Lipinski definition) is 0. The molecule has 0 aliphatic carbocycles. The lowest BCUT2D eigenvalue weighted by Gasteiger charge is -2.24. The van der Waals surface area contributed by atoms with Gasteiger partial charge in [-0.1, -0.05) is 19.9 Å². The quantitative estimate of drug-likeness (QED) is 0.686. The van der Waals surface area contributed by atoms with Crippen LogP contribution >= 0.6 is 15.9 Å². The first-order chi connectivity index (χ1) is 8.71. The van der Waals surface area contributed by atoms with Crippen molar-refractivity contribution in [2.24, 2.45) is 0 Å². The fraction of sp³-hybridized carbons (Fsp3) is 0.643. The molecule has 0 unspecified atom stereocenters. The summed E-state index contributed by atoms with van der Waals surface area (Å²) in [7, 11) is 0. The summed E-state index contributed by atoms with van der Waals surface area (Å²) in [6.45, 7) is 12.1. The van der Waals surface area contributed by atoms with Crippen molar-refractivity contribution in [2.45, 2.75) is 27.2 Å². The Morgan fingerprint density at radius 2 is 1.78 bits per heavy atom. The molecule has 0 saturated carbocycles. The van der Waals surface area contributed by atoms with Crippen LogP contribution in [0, 0.1) is 0 Å². The lowest BCUT2D eigenvalue weighted by atomic mass is 10.3. The largest absolute Gasteiger partial charge is 0.357 e. The predicted octanol–water partition coefficient (Wildman–Crippen LogP) is 3.40. The number of hydrogen-bond acceptors (Lipinski definition) is 3. The number of anilines is 1. The molecule has 0 atom stereocenters. The van der Waals surface area contributed by atoms with E-state index in [0.29, 0.717) is 0 Å². The van der Waals surface area contributed by atoms with Crippen LogP contribution in [0.3, 0.4) is 0 Å². The van der Waals surface area contributed by atoms with Gasteiger partial charge in [0.15, 0.2) is 0 Å². The molecule has 102 valence electrons. The molecular formula is C14H24BrN3. The minimum absolute atomic E-state index is 0.905. The molecule has 1 aromatic rings. The Labute approximate surface area is 119 Å². The summed E-state index contributed by atoms with van der Waals surface area (Å²) >= 11 is 3.43. The molecular weight excluding hydrogens is 290 g/mol. The molecule has 0 bridgehead atoms. The second-order valence-electron chi connectivity index (χ2n) is 4.28. The molecule has 1 heterocycles. The van der Waals surface area contributed by atoms with Gasteiger partial charge in [0.1, 0.15) is 10.4 Å². The first kappa shape index (κ1) is 15.4. The van der Waals surface area contributed by atoms with Crippen LogP contribution in [0.5, 0.6) is 0 Å². The van der Waals surface area contributed by atoms with E-state index in [1.54, 1.807) is 0 Å².